The molecule has 1 amide bonds. The number of carbonyl (C=O) groups is 1. The quantitative estimate of drug-likeness (QED) is 0.850. The van der Waals surface area contributed by atoms with Gasteiger partial charge < -0.3 is 10.5 Å². The lowest BCUT2D eigenvalue weighted by atomic mass is 9.92. The maximum Gasteiger partial charge on any atom is 0.288 e. The standard InChI is InChI=1S/C11H18N4O2/c1-4-8-6(2)7(3)11(17-8)15-5-13-10(14-15)9(12)16/h5-8,11H,4H2,1-3H3,(H2,12,16)/t6-,7+,8?,11?/m0/s1. The highest BCUT2D eigenvalue weighted by molar-refractivity contribution is 5.88. The van der Waals surface area contributed by atoms with E-state index in [1.807, 2.05) is 0 Å². The van der Waals surface area contributed by atoms with Crippen molar-refractivity contribution in [2.45, 2.75) is 39.5 Å². The molecule has 2 unspecified atom stereocenters. The van der Waals surface area contributed by atoms with Gasteiger partial charge in [0.05, 0.1) is 6.10 Å². The average Bonchev–Trinajstić information content (AvgIpc) is 2.87. The highest BCUT2D eigenvalue weighted by Gasteiger charge is 2.39. The second-order valence-electron chi connectivity index (χ2n) is 4.60. The van der Waals surface area contributed by atoms with Crippen LogP contribution < -0.4 is 5.73 Å². The number of hydrogen-bond acceptors (Lipinski definition) is 4. The Hall–Kier alpha value is -1.43. The van der Waals surface area contributed by atoms with Crippen molar-refractivity contribution >= 4 is 5.91 Å². The molecule has 1 aliphatic heterocycles. The first-order valence-corrected chi connectivity index (χ1v) is 5.91. The van der Waals surface area contributed by atoms with Gasteiger partial charge in [-0.3, -0.25) is 4.79 Å². The fraction of sp³-hybridized carbons (Fsp3) is 0.727. The van der Waals surface area contributed by atoms with E-state index >= 15 is 0 Å². The van der Waals surface area contributed by atoms with Crippen LogP contribution in [0.3, 0.4) is 0 Å². The minimum absolute atomic E-state index is 0.0356. The predicted octanol–water partition coefficient (Wildman–Crippen LogP) is 0.957. The number of amides is 1. The maximum atomic E-state index is 10.9. The summed E-state index contributed by atoms with van der Waals surface area (Å²) >= 11 is 0. The Bertz CT molecular complexity index is 417. The van der Waals surface area contributed by atoms with Gasteiger partial charge in [-0.15, -0.1) is 5.10 Å². The second kappa shape index (κ2) is 4.44. The first-order chi connectivity index (χ1) is 8.04. The Morgan fingerprint density at radius 2 is 2.24 bits per heavy atom. The van der Waals surface area contributed by atoms with Gasteiger partial charge in [0, 0.05) is 5.92 Å². The van der Waals surface area contributed by atoms with Crippen LogP contribution in [0.25, 0.3) is 0 Å². The zero-order valence-electron chi connectivity index (χ0n) is 10.3. The molecule has 2 heterocycles. The molecule has 6 nitrogen and oxygen atoms in total. The fourth-order valence-corrected chi connectivity index (χ4v) is 2.31. The molecule has 17 heavy (non-hydrogen) atoms. The van der Waals surface area contributed by atoms with E-state index in [2.05, 4.69) is 30.9 Å². The number of carbonyl (C=O) groups excluding carboxylic acids is 1. The smallest absolute Gasteiger partial charge is 0.288 e. The molecule has 94 valence electrons. The molecule has 0 bridgehead atoms. The molecule has 1 aliphatic rings. The fourth-order valence-electron chi connectivity index (χ4n) is 2.31. The number of nitrogens with two attached hydrogens (primary N) is 1. The molecule has 1 aromatic heterocycles. The molecule has 1 fully saturated rings. The average molecular weight is 238 g/mol. The minimum Gasteiger partial charge on any atom is -0.363 e. The summed E-state index contributed by atoms with van der Waals surface area (Å²) in [6, 6.07) is 0. The summed E-state index contributed by atoms with van der Waals surface area (Å²) in [5.74, 6) is 0.219. The van der Waals surface area contributed by atoms with Gasteiger partial charge in [0.2, 0.25) is 5.82 Å². The molecule has 2 N–H and O–H groups in total. The number of ether oxygens (including phenoxy) is 1. The van der Waals surface area contributed by atoms with Crippen LogP contribution in [-0.4, -0.2) is 26.8 Å². The monoisotopic (exact) mass is 238 g/mol. The Morgan fingerprint density at radius 3 is 2.71 bits per heavy atom. The topological polar surface area (TPSA) is 83.0 Å². The SMILES string of the molecule is CCC1OC(n2cnc(C(N)=O)n2)[C@H](C)[C@@H]1C. The first kappa shape index (κ1) is 12.0. The summed E-state index contributed by atoms with van der Waals surface area (Å²) in [5, 5.41) is 4.05. The maximum absolute atomic E-state index is 10.9. The van der Waals surface area contributed by atoms with Crippen molar-refractivity contribution in [2.75, 3.05) is 0 Å². The van der Waals surface area contributed by atoms with Gasteiger partial charge in [0.15, 0.2) is 6.23 Å². The summed E-state index contributed by atoms with van der Waals surface area (Å²) in [6.07, 6.45) is 2.55. The molecule has 1 saturated heterocycles. The lowest BCUT2D eigenvalue weighted by molar-refractivity contribution is -0.0215. The Morgan fingerprint density at radius 1 is 1.53 bits per heavy atom. The molecular weight excluding hydrogens is 220 g/mol. The van der Waals surface area contributed by atoms with E-state index in [9.17, 15) is 4.79 Å². The third-order valence-corrected chi connectivity index (χ3v) is 3.57. The van der Waals surface area contributed by atoms with E-state index in [4.69, 9.17) is 10.5 Å². The van der Waals surface area contributed by atoms with Gasteiger partial charge in [-0.2, -0.15) is 0 Å². The highest BCUT2D eigenvalue weighted by Crippen LogP contribution is 2.39. The number of nitrogens with zero attached hydrogens (tertiary/aromatic N) is 3. The van der Waals surface area contributed by atoms with Crippen LogP contribution in [0, 0.1) is 11.8 Å². The molecule has 6 heteroatoms. The van der Waals surface area contributed by atoms with Gasteiger partial charge in [0.25, 0.3) is 5.91 Å². The molecular formula is C11H18N4O2. The molecule has 4 atom stereocenters. The zero-order chi connectivity index (χ0) is 12.6. The largest absolute Gasteiger partial charge is 0.363 e. The molecule has 0 saturated carbocycles. The van der Waals surface area contributed by atoms with Crippen molar-refractivity contribution in [3.05, 3.63) is 12.2 Å². The van der Waals surface area contributed by atoms with E-state index in [1.54, 1.807) is 4.68 Å². The van der Waals surface area contributed by atoms with Gasteiger partial charge in [-0.1, -0.05) is 20.8 Å². The highest BCUT2D eigenvalue weighted by atomic mass is 16.5. The molecule has 0 aliphatic carbocycles. The summed E-state index contributed by atoms with van der Waals surface area (Å²) in [5.41, 5.74) is 5.12. The van der Waals surface area contributed by atoms with Gasteiger partial charge in [-0.25, -0.2) is 9.67 Å². The molecule has 0 radical (unpaired) electrons. The van der Waals surface area contributed by atoms with E-state index in [1.165, 1.54) is 6.33 Å². The van der Waals surface area contributed by atoms with E-state index in [0.717, 1.165) is 6.42 Å². The number of hydrogen-bond donors (Lipinski definition) is 1. The third kappa shape index (κ3) is 2.04. The predicted molar refractivity (Wildman–Crippen MR) is 61.1 cm³/mol. The van der Waals surface area contributed by atoms with Crippen LogP contribution in [0.2, 0.25) is 0 Å². The molecule has 2 rings (SSSR count). The Kier molecular flexibility index (Phi) is 3.15. The van der Waals surface area contributed by atoms with E-state index in [-0.39, 0.29) is 18.2 Å². The van der Waals surface area contributed by atoms with Crippen LogP contribution in [0.15, 0.2) is 6.33 Å². The molecule has 1 aromatic rings. The van der Waals surface area contributed by atoms with Crippen molar-refractivity contribution in [2.24, 2.45) is 17.6 Å². The van der Waals surface area contributed by atoms with Crippen molar-refractivity contribution in [3.63, 3.8) is 0 Å². The van der Waals surface area contributed by atoms with Crippen molar-refractivity contribution < 1.29 is 9.53 Å². The Labute approximate surface area is 100 Å². The number of aromatic nitrogens is 3. The molecule has 0 aromatic carbocycles. The van der Waals surface area contributed by atoms with Gasteiger partial charge in [0.1, 0.15) is 6.33 Å². The number of primary amides is 1. The second-order valence-corrected chi connectivity index (χ2v) is 4.60. The van der Waals surface area contributed by atoms with Crippen LogP contribution >= 0.6 is 0 Å². The minimum atomic E-state index is -0.616. The van der Waals surface area contributed by atoms with E-state index in [0.29, 0.717) is 11.8 Å². The van der Waals surface area contributed by atoms with Gasteiger partial charge in [-0.05, 0) is 12.3 Å². The Balaban J connectivity index is 2.19. The number of rotatable bonds is 3. The normalized spacial score (nSPS) is 32.9. The van der Waals surface area contributed by atoms with Crippen LogP contribution in [-0.2, 0) is 4.74 Å². The third-order valence-electron chi connectivity index (χ3n) is 3.57. The summed E-state index contributed by atoms with van der Waals surface area (Å²) in [7, 11) is 0. The molecule has 0 spiro atoms. The van der Waals surface area contributed by atoms with Crippen molar-refractivity contribution in [1.82, 2.24) is 14.8 Å². The summed E-state index contributed by atoms with van der Waals surface area (Å²) in [6.45, 7) is 6.40. The van der Waals surface area contributed by atoms with Gasteiger partial charge >= 0.3 is 0 Å². The lowest BCUT2D eigenvalue weighted by Gasteiger charge is -2.15. The van der Waals surface area contributed by atoms with Crippen molar-refractivity contribution in [3.8, 4) is 0 Å². The lowest BCUT2D eigenvalue weighted by Crippen LogP contribution is -2.18. The van der Waals surface area contributed by atoms with Crippen LogP contribution in [0.1, 0.15) is 44.0 Å². The van der Waals surface area contributed by atoms with Crippen LogP contribution in [0.4, 0.5) is 0 Å². The van der Waals surface area contributed by atoms with Crippen LogP contribution in [0.5, 0.6) is 0 Å². The zero-order valence-corrected chi connectivity index (χ0v) is 10.3. The summed E-state index contributed by atoms with van der Waals surface area (Å²) in [4.78, 5) is 14.8. The first-order valence-electron chi connectivity index (χ1n) is 5.91. The van der Waals surface area contributed by atoms with Crippen molar-refractivity contribution in [1.29, 1.82) is 0 Å². The summed E-state index contributed by atoms with van der Waals surface area (Å²) < 4.78 is 7.52. The van der Waals surface area contributed by atoms with E-state index < -0.39 is 5.91 Å².